The maximum Gasteiger partial charge on any atom is 0.338 e. The van der Waals surface area contributed by atoms with E-state index in [0.717, 1.165) is 18.5 Å². The van der Waals surface area contributed by atoms with Crippen molar-refractivity contribution >= 4 is 11.9 Å². The van der Waals surface area contributed by atoms with Crippen LogP contribution in [0.3, 0.4) is 0 Å². The van der Waals surface area contributed by atoms with Gasteiger partial charge in [0.05, 0.1) is 18.8 Å². The van der Waals surface area contributed by atoms with E-state index in [1.807, 2.05) is 26.0 Å². The SMILES string of the molecule is CCOC(=O)C1CCN1.CCOC(=O)c1ccc(C)cc1. The van der Waals surface area contributed by atoms with Crippen LogP contribution in [0.15, 0.2) is 24.3 Å². The molecule has 0 saturated carbocycles. The average Bonchev–Trinajstić information content (AvgIpc) is 2.38. The highest BCUT2D eigenvalue weighted by molar-refractivity contribution is 5.89. The maximum absolute atomic E-state index is 11.1. The average molecular weight is 293 g/mol. The third kappa shape index (κ3) is 5.95. The molecule has 0 radical (unpaired) electrons. The summed E-state index contributed by atoms with van der Waals surface area (Å²) >= 11 is 0. The van der Waals surface area contributed by atoms with Crippen LogP contribution in [0.25, 0.3) is 0 Å². The molecule has 1 aliphatic rings. The molecular weight excluding hydrogens is 270 g/mol. The Morgan fingerprint density at radius 2 is 1.71 bits per heavy atom. The zero-order valence-corrected chi connectivity index (χ0v) is 12.8. The fourth-order valence-electron chi connectivity index (χ4n) is 1.64. The topological polar surface area (TPSA) is 64.6 Å². The number of hydrogen-bond donors (Lipinski definition) is 1. The van der Waals surface area contributed by atoms with Crippen LogP contribution in [0.1, 0.15) is 36.2 Å². The van der Waals surface area contributed by atoms with Crippen molar-refractivity contribution in [1.29, 1.82) is 0 Å². The predicted octanol–water partition coefficient (Wildman–Crippen LogP) is 2.08. The van der Waals surface area contributed by atoms with Crippen molar-refractivity contribution in [2.24, 2.45) is 0 Å². The second-order valence-corrected chi connectivity index (χ2v) is 4.63. The van der Waals surface area contributed by atoms with E-state index in [2.05, 4.69) is 5.32 Å². The van der Waals surface area contributed by atoms with Gasteiger partial charge in [0.2, 0.25) is 0 Å². The second kappa shape index (κ2) is 9.13. The molecule has 0 bridgehead atoms. The molecule has 1 unspecified atom stereocenters. The van der Waals surface area contributed by atoms with Gasteiger partial charge in [0, 0.05) is 0 Å². The van der Waals surface area contributed by atoms with E-state index in [9.17, 15) is 9.59 Å². The number of carbonyl (C=O) groups is 2. The summed E-state index contributed by atoms with van der Waals surface area (Å²) < 4.78 is 9.57. The van der Waals surface area contributed by atoms with Gasteiger partial charge in [-0.2, -0.15) is 0 Å². The van der Waals surface area contributed by atoms with E-state index in [-0.39, 0.29) is 18.0 Å². The van der Waals surface area contributed by atoms with Crippen molar-refractivity contribution in [2.75, 3.05) is 19.8 Å². The van der Waals surface area contributed by atoms with Gasteiger partial charge >= 0.3 is 11.9 Å². The molecule has 1 aromatic carbocycles. The van der Waals surface area contributed by atoms with Gasteiger partial charge in [-0.15, -0.1) is 0 Å². The first-order valence-electron chi connectivity index (χ1n) is 7.22. The van der Waals surface area contributed by atoms with Crippen LogP contribution in [0, 0.1) is 6.92 Å². The monoisotopic (exact) mass is 293 g/mol. The van der Waals surface area contributed by atoms with E-state index in [1.54, 1.807) is 19.1 Å². The Morgan fingerprint density at radius 3 is 2.14 bits per heavy atom. The molecule has 1 heterocycles. The van der Waals surface area contributed by atoms with Gasteiger partial charge in [-0.05, 0) is 45.9 Å². The number of carbonyl (C=O) groups excluding carboxylic acids is 2. The Hall–Kier alpha value is -1.88. The Kier molecular flexibility index (Phi) is 7.46. The van der Waals surface area contributed by atoms with Crippen LogP contribution < -0.4 is 5.32 Å². The smallest absolute Gasteiger partial charge is 0.338 e. The number of hydrogen-bond acceptors (Lipinski definition) is 5. The lowest BCUT2D eigenvalue weighted by molar-refractivity contribution is -0.147. The zero-order valence-electron chi connectivity index (χ0n) is 12.8. The second-order valence-electron chi connectivity index (χ2n) is 4.63. The minimum Gasteiger partial charge on any atom is -0.465 e. The molecule has 0 amide bonds. The van der Waals surface area contributed by atoms with Gasteiger partial charge in [-0.3, -0.25) is 4.79 Å². The lowest BCUT2D eigenvalue weighted by Crippen LogP contribution is -2.49. The zero-order chi connectivity index (χ0) is 15.7. The van der Waals surface area contributed by atoms with Crippen LogP contribution in [0.2, 0.25) is 0 Å². The molecule has 1 saturated heterocycles. The highest BCUT2D eigenvalue weighted by Crippen LogP contribution is 2.04. The first-order chi connectivity index (χ1) is 10.1. The van der Waals surface area contributed by atoms with Crippen LogP contribution in [0.5, 0.6) is 0 Å². The summed E-state index contributed by atoms with van der Waals surface area (Å²) in [5.74, 6) is -0.360. The number of rotatable bonds is 4. The first-order valence-corrected chi connectivity index (χ1v) is 7.22. The summed E-state index contributed by atoms with van der Waals surface area (Å²) in [5.41, 5.74) is 1.76. The fourth-order valence-corrected chi connectivity index (χ4v) is 1.64. The van der Waals surface area contributed by atoms with Crippen molar-refractivity contribution in [3.05, 3.63) is 35.4 Å². The lowest BCUT2D eigenvalue weighted by Gasteiger charge is -2.24. The molecule has 5 heteroatoms. The molecular formula is C16H23NO4. The quantitative estimate of drug-likeness (QED) is 0.861. The van der Waals surface area contributed by atoms with Gasteiger partial charge in [0.15, 0.2) is 0 Å². The Balaban J connectivity index is 0.000000219. The normalized spacial score (nSPS) is 16.0. The minimum atomic E-state index is -0.252. The molecule has 1 N–H and O–H groups in total. The summed E-state index contributed by atoms with van der Waals surface area (Å²) in [6.07, 6.45) is 0.929. The van der Waals surface area contributed by atoms with E-state index < -0.39 is 0 Å². The molecule has 21 heavy (non-hydrogen) atoms. The lowest BCUT2D eigenvalue weighted by atomic mass is 10.1. The van der Waals surface area contributed by atoms with Crippen molar-refractivity contribution in [1.82, 2.24) is 5.32 Å². The Morgan fingerprint density at radius 1 is 1.14 bits per heavy atom. The minimum absolute atomic E-state index is 0.00931. The van der Waals surface area contributed by atoms with E-state index in [1.165, 1.54) is 0 Å². The van der Waals surface area contributed by atoms with Crippen molar-refractivity contribution in [2.45, 2.75) is 33.2 Å². The molecule has 2 rings (SSSR count). The Labute approximate surface area is 125 Å². The molecule has 5 nitrogen and oxygen atoms in total. The van der Waals surface area contributed by atoms with E-state index >= 15 is 0 Å². The number of esters is 2. The summed E-state index contributed by atoms with van der Waals surface area (Å²) in [5, 5.41) is 2.96. The van der Waals surface area contributed by atoms with Crippen LogP contribution in [-0.4, -0.2) is 37.7 Å². The van der Waals surface area contributed by atoms with Crippen LogP contribution >= 0.6 is 0 Å². The van der Waals surface area contributed by atoms with Crippen molar-refractivity contribution in [3.8, 4) is 0 Å². The molecule has 1 aliphatic heterocycles. The Bertz CT molecular complexity index is 452. The largest absolute Gasteiger partial charge is 0.465 e. The molecule has 116 valence electrons. The first kappa shape index (κ1) is 17.2. The maximum atomic E-state index is 11.1. The third-order valence-electron chi connectivity index (χ3n) is 2.96. The standard InChI is InChI=1S/C10H12O2.C6H11NO2/c1-3-12-10(11)9-6-4-8(2)5-7-9;1-2-9-6(8)5-3-4-7-5/h4-7H,3H2,1-2H3;5,7H,2-4H2,1H3. The summed E-state index contributed by atoms with van der Waals surface area (Å²) in [7, 11) is 0. The van der Waals surface area contributed by atoms with E-state index in [0.29, 0.717) is 18.8 Å². The molecule has 0 aromatic heterocycles. The molecule has 1 aromatic rings. The van der Waals surface area contributed by atoms with Crippen molar-refractivity contribution < 1.29 is 19.1 Å². The van der Waals surface area contributed by atoms with Gasteiger partial charge in [0.1, 0.15) is 6.04 Å². The van der Waals surface area contributed by atoms with Crippen LogP contribution in [-0.2, 0) is 14.3 Å². The number of aryl methyl sites for hydroxylation is 1. The van der Waals surface area contributed by atoms with E-state index in [4.69, 9.17) is 9.47 Å². The molecule has 1 atom stereocenters. The van der Waals surface area contributed by atoms with Gasteiger partial charge in [-0.1, -0.05) is 17.7 Å². The summed E-state index contributed by atoms with van der Waals surface area (Å²) in [6.45, 7) is 7.45. The molecule has 0 spiro atoms. The third-order valence-corrected chi connectivity index (χ3v) is 2.96. The fraction of sp³-hybridized carbons (Fsp3) is 0.500. The van der Waals surface area contributed by atoms with Crippen LogP contribution in [0.4, 0.5) is 0 Å². The molecule has 0 aliphatic carbocycles. The highest BCUT2D eigenvalue weighted by atomic mass is 16.5. The van der Waals surface area contributed by atoms with Crippen molar-refractivity contribution in [3.63, 3.8) is 0 Å². The number of nitrogens with one attached hydrogen (secondary N) is 1. The predicted molar refractivity (Wildman–Crippen MR) is 80.2 cm³/mol. The molecule has 1 fully saturated rings. The number of benzene rings is 1. The summed E-state index contributed by atoms with van der Waals surface area (Å²) in [4.78, 5) is 21.9. The van der Waals surface area contributed by atoms with Gasteiger partial charge in [0.25, 0.3) is 0 Å². The number of ether oxygens (including phenoxy) is 2. The summed E-state index contributed by atoms with van der Waals surface area (Å²) in [6, 6.07) is 7.32. The highest BCUT2D eigenvalue weighted by Gasteiger charge is 2.25. The van der Waals surface area contributed by atoms with Gasteiger partial charge < -0.3 is 14.8 Å². The van der Waals surface area contributed by atoms with Gasteiger partial charge in [-0.25, -0.2) is 4.79 Å².